The molecule has 0 saturated carbocycles. The molecule has 2 aromatic carbocycles. The monoisotopic (exact) mass is 477 g/mol. The molecule has 184 valence electrons. The Kier molecular flexibility index (Phi) is 12.3. The molecule has 2 aromatic rings. The molecule has 0 aliphatic heterocycles. The fourth-order valence-corrected chi connectivity index (χ4v) is 2.83. The first-order valence-electron chi connectivity index (χ1n) is 10.7. The van der Waals surface area contributed by atoms with Gasteiger partial charge in [-0.2, -0.15) is 0 Å². The molecule has 0 aromatic heterocycles. The molecule has 8 heteroatoms. The molecule has 0 saturated heterocycles. The number of carbonyl (C=O) groups excluding carboxylic acids is 3. The highest BCUT2D eigenvalue weighted by Gasteiger charge is 2.25. The highest BCUT2D eigenvalue weighted by Crippen LogP contribution is 2.06. The van der Waals surface area contributed by atoms with Gasteiger partial charge in [-0.05, 0) is 67.1 Å². The van der Waals surface area contributed by atoms with E-state index in [1.54, 1.807) is 12.1 Å². The molecule has 35 heavy (non-hydrogen) atoms. The topological polar surface area (TPSA) is 128 Å². The summed E-state index contributed by atoms with van der Waals surface area (Å²) >= 11 is 0. The molecule has 2 atom stereocenters. The molecule has 0 bridgehead atoms. The Morgan fingerprint density at radius 2 is 1.49 bits per heavy atom. The normalized spacial score (nSPS) is 11.2. The number of hydrogen-bond acceptors (Lipinski definition) is 5. The lowest BCUT2D eigenvalue weighted by Crippen LogP contribution is -2.51. The van der Waals surface area contributed by atoms with Gasteiger partial charge in [0.05, 0.1) is 12.5 Å². The molecule has 0 aliphatic carbocycles. The third-order valence-corrected chi connectivity index (χ3v) is 4.68. The highest BCUT2D eigenvalue weighted by atomic mass is 16.5. The minimum atomic E-state index is -1.29. The van der Waals surface area contributed by atoms with E-state index < -0.39 is 24.0 Å². The standard InChI is InChI=1S/C26H27N3O5.CH4/c1-3-16-27-23(31)17-21-10-8-19(9-11-21)6-4-5-7-20-12-14-22(15-13-20)25(32)28-24(18(2)30)26(33)29-34;/h8-15,18,24,30,34H,3,16-17H2,1-2H3,(H,27,31)(H,28,32)(H,29,33);1H4/t18-,24+;/m1./s1. The second-order valence-corrected chi connectivity index (χ2v) is 7.47. The summed E-state index contributed by atoms with van der Waals surface area (Å²) in [6, 6.07) is 12.4. The van der Waals surface area contributed by atoms with E-state index in [1.165, 1.54) is 24.5 Å². The molecule has 0 aliphatic rings. The van der Waals surface area contributed by atoms with Crippen LogP contribution in [-0.4, -0.2) is 46.7 Å². The van der Waals surface area contributed by atoms with E-state index in [0.717, 1.165) is 17.5 Å². The van der Waals surface area contributed by atoms with Gasteiger partial charge in [0.1, 0.15) is 6.04 Å². The minimum absolute atomic E-state index is 0. The van der Waals surface area contributed by atoms with Crippen LogP contribution in [0, 0.1) is 23.7 Å². The highest BCUT2D eigenvalue weighted by molar-refractivity contribution is 5.97. The van der Waals surface area contributed by atoms with E-state index in [4.69, 9.17) is 5.21 Å². The number of aliphatic hydroxyl groups is 1. The molecule has 2 rings (SSSR count). The molecule has 5 N–H and O–H groups in total. The molecule has 0 heterocycles. The Bertz CT molecular complexity index is 1120. The average Bonchev–Trinajstić information content (AvgIpc) is 2.84. The van der Waals surface area contributed by atoms with Gasteiger partial charge in [-0.25, -0.2) is 5.48 Å². The molecular weight excluding hydrogens is 446 g/mol. The van der Waals surface area contributed by atoms with E-state index in [2.05, 4.69) is 34.3 Å². The van der Waals surface area contributed by atoms with Gasteiger partial charge in [-0.1, -0.05) is 38.3 Å². The van der Waals surface area contributed by atoms with Gasteiger partial charge >= 0.3 is 0 Å². The quantitative estimate of drug-likeness (QED) is 0.225. The van der Waals surface area contributed by atoms with Gasteiger partial charge in [0.15, 0.2) is 0 Å². The molecule has 3 amide bonds. The minimum Gasteiger partial charge on any atom is -0.391 e. The van der Waals surface area contributed by atoms with Crippen LogP contribution < -0.4 is 16.1 Å². The Morgan fingerprint density at radius 3 is 1.97 bits per heavy atom. The number of hydroxylamine groups is 1. The SMILES string of the molecule is C.CCCNC(=O)Cc1ccc(C#CC#Cc2ccc(C(=O)N[C@H](C(=O)NO)[C@@H](C)O)cc2)cc1. The molecule has 0 fully saturated rings. The molecule has 0 spiro atoms. The van der Waals surface area contributed by atoms with Crippen LogP contribution in [0.5, 0.6) is 0 Å². The second-order valence-electron chi connectivity index (χ2n) is 7.47. The van der Waals surface area contributed by atoms with Crippen molar-refractivity contribution in [2.24, 2.45) is 0 Å². The lowest BCUT2D eigenvalue weighted by atomic mass is 10.1. The number of carbonyl (C=O) groups is 3. The zero-order chi connectivity index (χ0) is 24.9. The van der Waals surface area contributed by atoms with Crippen molar-refractivity contribution in [3.63, 3.8) is 0 Å². The lowest BCUT2D eigenvalue weighted by molar-refractivity contribution is -0.133. The Labute approximate surface area is 206 Å². The second kappa shape index (κ2) is 14.9. The van der Waals surface area contributed by atoms with Crippen molar-refractivity contribution < 1.29 is 24.7 Å². The summed E-state index contributed by atoms with van der Waals surface area (Å²) in [6.07, 6.45) is 0.0355. The molecular formula is C27H31N3O5. The van der Waals surface area contributed by atoms with E-state index in [1.807, 2.05) is 31.2 Å². The predicted molar refractivity (Wildman–Crippen MR) is 133 cm³/mol. The van der Waals surface area contributed by atoms with Crippen LogP contribution in [0.4, 0.5) is 0 Å². The third kappa shape index (κ3) is 9.73. The van der Waals surface area contributed by atoms with E-state index in [-0.39, 0.29) is 18.9 Å². The number of amides is 3. The zero-order valence-corrected chi connectivity index (χ0v) is 19.0. The summed E-state index contributed by atoms with van der Waals surface area (Å²) in [4.78, 5) is 35.6. The number of benzene rings is 2. The van der Waals surface area contributed by atoms with Crippen molar-refractivity contribution in [3.05, 3.63) is 70.8 Å². The summed E-state index contributed by atoms with van der Waals surface area (Å²) < 4.78 is 0. The first kappa shape index (κ1) is 28.9. The summed E-state index contributed by atoms with van der Waals surface area (Å²) in [7, 11) is 0. The van der Waals surface area contributed by atoms with Gasteiger partial charge < -0.3 is 15.7 Å². The lowest BCUT2D eigenvalue weighted by Gasteiger charge is -2.19. The number of rotatable bonds is 8. The number of hydrogen-bond donors (Lipinski definition) is 5. The van der Waals surface area contributed by atoms with Crippen LogP contribution in [0.25, 0.3) is 0 Å². The first-order chi connectivity index (χ1) is 16.3. The number of nitrogens with one attached hydrogen (secondary N) is 3. The fourth-order valence-electron chi connectivity index (χ4n) is 2.83. The maximum absolute atomic E-state index is 12.3. The zero-order valence-electron chi connectivity index (χ0n) is 19.0. The van der Waals surface area contributed by atoms with Gasteiger partial charge in [0.2, 0.25) is 5.91 Å². The maximum Gasteiger partial charge on any atom is 0.268 e. The van der Waals surface area contributed by atoms with Gasteiger partial charge in [-0.15, -0.1) is 0 Å². The predicted octanol–water partition coefficient (Wildman–Crippen LogP) is 1.78. The van der Waals surface area contributed by atoms with Crippen molar-refractivity contribution in [2.75, 3.05) is 6.54 Å². The average molecular weight is 478 g/mol. The van der Waals surface area contributed by atoms with Crippen LogP contribution in [-0.2, 0) is 16.0 Å². The first-order valence-corrected chi connectivity index (χ1v) is 10.7. The van der Waals surface area contributed by atoms with E-state index >= 15 is 0 Å². The van der Waals surface area contributed by atoms with Crippen molar-refractivity contribution in [2.45, 2.75) is 46.3 Å². The van der Waals surface area contributed by atoms with Gasteiger partial charge in [0, 0.05) is 23.2 Å². The van der Waals surface area contributed by atoms with Crippen molar-refractivity contribution in [1.29, 1.82) is 0 Å². The van der Waals surface area contributed by atoms with Crippen LogP contribution in [0.1, 0.15) is 54.7 Å². The smallest absolute Gasteiger partial charge is 0.268 e. The maximum atomic E-state index is 12.3. The van der Waals surface area contributed by atoms with Crippen molar-refractivity contribution in [1.82, 2.24) is 16.1 Å². The molecule has 0 radical (unpaired) electrons. The third-order valence-electron chi connectivity index (χ3n) is 4.68. The van der Waals surface area contributed by atoms with Gasteiger partial charge in [-0.3, -0.25) is 19.6 Å². The van der Waals surface area contributed by atoms with E-state index in [9.17, 15) is 19.5 Å². The van der Waals surface area contributed by atoms with Crippen LogP contribution in [0.2, 0.25) is 0 Å². The Morgan fingerprint density at radius 1 is 0.943 bits per heavy atom. The molecule has 8 nitrogen and oxygen atoms in total. The van der Waals surface area contributed by atoms with Crippen LogP contribution in [0.15, 0.2) is 48.5 Å². The number of aliphatic hydroxyl groups excluding tert-OH is 1. The largest absolute Gasteiger partial charge is 0.391 e. The van der Waals surface area contributed by atoms with Crippen molar-refractivity contribution >= 4 is 17.7 Å². The summed E-state index contributed by atoms with van der Waals surface area (Å²) in [5.74, 6) is 9.82. The summed E-state index contributed by atoms with van der Waals surface area (Å²) in [5.41, 5.74) is 3.99. The summed E-state index contributed by atoms with van der Waals surface area (Å²) in [5, 5.41) is 23.5. The fraction of sp³-hybridized carbons (Fsp3) is 0.296. The Balaban J connectivity index is 0.00000612. The Hall–Kier alpha value is -4.11. The summed E-state index contributed by atoms with van der Waals surface area (Å²) in [6.45, 7) is 3.99. The van der Waals surface area contributed by atoms with E-state index in [0.29, 0.717) is 18.5 Å². The van der Waals surface area contributed by atoms with Crippen LogP contribution in [0.3, 0.4) is 0 Å². The molecule has 0 unspecified atom stereocenters. The van der Waals surface area contributed by atoms with Crippen molar-refractivity contribution in [3.8, 4) is 23.7 Å². The van der Waals surface area contributed by atoms with Gasteiger partial charge in [0.25, 0.3) is 11.8 Å². The van der Waals surface area contributed by atoms with Crippen LogP contribution >= 0.6 is 0 Å².